The van der Waals surface area contributed by atoms with Gasteiger partial charge in [-0.15, -0.1) is 0 Å². The Kier molecular flexibility index (Phi) is 5.43. The van der Waals surface area contributed by atoms with Crippen molar-refractivity contribution in [3.05, 3.63) is 105 Å². The molecule has 1 atom stereocenters. The third-order valence-electron chi connectivity index (χ3n) is 6.81. The Bertz CT molecular complexity index is 1510. The van der Waals surface area contributed by atoms with Crippen LogP contribution in [0.5, 0.6) is 5.75 Å². The number of carbonyl (C=O) groups excluding carboxylic acids is 2. The molecule has 0 bridgehead atoms. The summed E-state index contributed by atoms with van der Waals surface area (Å²) in [6.45, 7) is 3.99. The molecule has 0 radical (unpaired) electrons. The average Bonchev–Trinajstić information content (AvgIpc) is 3.08. The molecule has 3 aromatic rings. The van der Waals surface area contributed by atoms with Crippen LogP contribution in [0.2, 0.25) is 0 Å². The lowest BCUT2D eigenvalue weighted by molar-refractivity contribution is -0.138. The van der Waals surface area contributed by atoms with E-state index in [0.29, 0.717) is 29.1 Å². The number of halogens is 1. The first-order valence-corrected chi connectivity index (χ1v) is 11.4. The van der Waals surface area contributed by atoms with Crippen molar-refractivity contribution in [1.82, 2.24) is 4.57 Å². The fraction of sp³-hybridized carbons (Fsp3) is 0.222. The zero-order chi connectivity index (χ0) is 25.8. The van der Waals surface area contributed by atoms with Gasteiger partial charge in [0.25, 0.3) is 5.56 Å². The quantitative estimate of drug-likeness (QED) is 0.566. The van der Waals surface area contributed by atoms with Crippen LogP contribution in [0.3, 0.4) is 0 Å². The van der Waals surface area contributed by atoms with Crippen LogP contribution in [0.1, 0.15) is 29.3 Å². The number of anilines is 1. The summed E-state index contributed by atoms with van der Waals surface area (Å²) in [7, 11) is 1.17. The number of hydrogen-bond donors (Lipinski definition) is 1. The van der Waals surface area contributed by atoms with Gasteiger partial charge in [-0.1, -0.05) is 30.3 Å². The fourth-order valence-corrected chi connectivity index (χ4v) is 5.26. The number of nitrogens with two attached hydrogens (primary N) is 1. The fourth-order valence-electron chi connectivity index (χ4n) is 5.26. The molecule has 2 aliphatic heterocycles. The molecule has 36 heavy (non-hydrogen) atoms. The number of benzene rings is 2. The van der Waals surface area contributed by atoms with Gasteiger partial charge in [-0.3, -0.25) is 9.59 Å². The topological polar surface area (TPSA) is 104 Å². The molecule has 2 aromatic carbocycles. The molecule has 9 heteroatoms. The van der Waals surface area contributed by atoms with Crippen LogP contribution in [-0.2, 0) is 32.8 Å². The molecule has 1 amide bonds. The van der Waals surface area contributed by atoms with Gasteiger partial charge < -0.3 is 24.7 Å². The van der Waals surface area contributed by atoms with Gasteiger partial charge in [-0.25, -0.2) is 9.18 Å². The maximum atomic E-state index is 14.5. The summed E-state index contributed by atoms with van der Waals surface area (Å²) >= 11 is 0. The number of rotatable bonds is 4. The van der Waals surface area contributed by atoms with E-state index in [1.807, 2.05) is 6.92 Å². The molecule has 0 saturated heterocycles. The van der Waals surface area contributed by atoms with Crippen LogP contribution < -0.4 is 20.9 Å². The van der Waals surface area contributed by atoms with Crippen molar-refractivity contribution in [2.45, 2.75) is 32.4 Å². The molecule has 0 saturated carbocycles. The van der Waals surface area contributed by atoms with E-state index in [2.05, 4.69) is 0 Å². The highest BCUT2D eigenvalue weighted by Crippen LogP contribution is 2.54. The predicted octanol–water partition coefficient (Wildman–Crippen LogP) is 2.88. The summed E-state index contributed by atoms with van der Waals surface area (Å²) in [5, 5.41) is 0. The Hall–Kier alpha value is -4.40. The minimum Gasteiger partial charge on any atom is -0.465 e. The van der Waals surface area contributed by atoms with Gasteiger partial charge in [0.2, 0.25) is 11.8 Å². The van der Waals surface area contributed by atoms with Crippen molar-refractivity contribution >= 4 is 17.6 Å². The van der Waals surface area contributed by atoms with Crippen molar-refractivity contribution < 1.29 is 23.5 Å². The van der Waals surface area contributed by atoms with Crippen LogP contribution in [-0.4, -0.2) is 23.6 Å². The Labute approximate surface area is 206 Å². The Morgan fingerprint density at radius 1 is 1.14 bits per heavy atom. The third kappa shape index (κ3) is 3.08. The van der Waals surface area contributed by atoms with Crippen molar-refractivity contribution in [2.24, 2.45) is 5.73 Å². The molecule has 1 unspecified atom stereocenters. The predicted molar refractivity (Wildman–Crippen MR) is 130 cm³/mol. The van der Waals surface area contributed by atoms with E-state index in [1.165, 1.54) is 28.7 Å². The summed E-state index contributed by atoms with van der Waals surface area (Å²) in [6.07, 6.45) is 0. The first-order valence-electron chi connectivity index (χ1n) is 11.4. The maximum absolute atomic E-state index is 14.5. The molecule has 1 aromatic heterocycles. The Morgan fingerprint density at radius 3 is 2.50 bits per heavy atom. The molecular formula is C27H24FN3O5. The number of pyridine rings is 1. The second-order valence-corrected chi connectivity index (χ2v) is 8.69. The maximum Gasteiger partial charge on any atom is 0.340 e. The minimum atomic E-state index is -1.89. The van der Waals surface area contributed by atoms with Crippen LogP contribution >= 0.6 is 0 Å². The molecule has 2 aliphatic rings. The Balaban J connectivity index is 1.86. The van der Waals surface area contributed by atoms with E-state index in [0.717, 1.165) is 0 Å². The summed E-state index contributed by atoms with van der Waals surface area (Å²) in [4.78, 5) is 43.1. The normalized spacial score (nSPS) is 18.2. The number of hydrogen-bond acceptors (Lipinski definition) is 6. The van der Waals surface area contributed by atoms with E-state index < -0.39 is 28.7 Å². The number of para-hydroxylation sites is 1. The number of methoxy groups -OCH3 is 1. The first-order chi connectivity index (χ1) is 17.2. The lowest BCUT2D eigenvalue weighted by Gasteiger charge is -2.36. The summed E-state index contributed by atoms with van der Waals surface area (Å²) in [6, 6.07) is 14.3. The smallest absolute Gasteiger partial charge is 0.340 e. The number of amides is 1. The monoisotopic (exact) mass is 489 g/mol. The number of aryl methyl sites for hydroxylation is 1. The van der Waals surface area contributed by atoms with Crippen LogP contribution in [0.25, 0.3) is 0 Å². The highest BCUT2D eigenvalue weighted by molar-refractivity contribution is 6.18. The highest BCUT2D eigenvalue weighted by atomic mass is 19.1. The second-order valence-electron chi connectivity index (χ2n) is 8.69. The average molecular weight is 490 g/mol. The summed E-state index contributed by atoms with van der Waals surface area (Å²) in [5.41, 5.74) is 5.86. The number of esters is 1. The highest BCUT2D eigenvalue weighted by Gasteiger charge is 2.62. The minimum absolute atomic E-state index is 0.00334. The van der Waals surface area contributed by atoms with Crippen molar-refractivity contribution in [3.63, 3.8) is 0 Å². The molecular weight excluding hydrogens is 465 g/mol. The number of fused-ring (bicyclic) bond motifs is 4. The molecule has 0 fully saturated rings. The first kappa shape index (κ1) is 23.3. The lowest BCUT2D eigenvalue weighted by atomic mass is 9.68. The van der Waals surface area contributed by atoms with Gasteiger partial charge >= 0.3 is 5.97 Å². The van der Waals surface area contributed by atoms with Gasteiger partial charge in [-0.05, 0) is 37.6 Å². The van der Waals surface area contributed by atoms with Crippen molar-refractivity contribution in [2.75, 3.05) is 12.0 Å². The lowest BCUT2D eigenvalue weighted by Crippen LogP contribution is -2.52. The number of carbonyl (C=O) groups is 2. The molecule has 8 nitrogen and oxygen atoms in total. The van der Waals surface area contributed by atoms with Crippen molar-refractivity contribution in [1.29, 1.82) is 0 Å². The van der Waals surface area contributed by atoms with E-state index >= 15 is 0 Å². The second kappa shape index (κ2) is 8.37. The molecule has 1 spiro atoms. The van der Waals surface area contributed by atoms with E-state index in [1.54, 1.807) is 49.4 Å². The third-order valence-corrected chi connectivity index (χ3v) is 6.81. The largest absolute Gasteiger partial charge is 0.465 e. The van der Waals surface area contributed by atoms with E-state index in [9.17, 15) is 18.8 Å². The molecule has 5 rings (SSSR count). The van der Waals surface area contributed by atoms with Crippen LogP contribution in [0.15, 0.2) is 70.8 Å². The number of ether oxygens (including phenoxy) is 2. The van der Waals surface area contributed by atoms with Gasteiger partial charge in [0.1, 0.15) is 22.6 Å². The number of aromatic nitrogens is 1. The van der Waals surface area contributed by atoms with Crippen LogP contribution in [0, 0.1) is 12.7 Å². The zero-order valence-corrected chi connectivity index (χ0v) is 20.0. The molecule has 184 valence electrons. The Morgan fingerprint density at radius 2 is 1.83 bits per heavy atom. The number of nitrogens with zero attached hydrogens (tertiary/aromatic N) is 2. The SMILES string of the molecule is CCn1c(C)cc2c(c1=O)C1(C(=O)N(Cc3ccc(F)cc3)c3ccccc31)C(C(=O)OC)=C(N)O2. The standard InChI is InChI=1S/C27H24FN3O5/c1-4-30-15(2)13-20-21(24(30)32)27(22(23(29)36-20)25(33)35-3)18-7-5-6-8-19(18)31(26(27)34)14-16-9-11-17(28)12-10-16/h5-13H,4,14,29H2,1-3H3. The molecule has 2 N–H and O–H groups in total. The summed E-state index contributed by atoms with van der Waals surface area (Å²) < 4.78 is 25.9. The van der Waals surface area contributed by atoms with E-state index in [4.69, 9.17) is 15.2 Å². The van der Waals surface area contributed by atoms with Gasteiger partial charge in [-0.2, -0.15) is 0 Å². The molecule has 3 heterocycles. The summed E-state index contributed by atoms with van der Waals surface area (Å²) in [5.74, 6) is -2.04. The van der Waals surface area contributed by atoms with E-state index in [-0.39, 0.29) is 29.3 Å². The van der Waals surface area contributed by atoms with Gasteiger partial charge in [0.05, 0.1) is 19.2 Å². The molecule has 0 aliphatic carbocycles. The van der Waals surface area contributed by atoms with Crippen molar-refractivity contribution in [3.8, 4) is 5.75 Å². The van der Waals surface area contributed by atoms with Gasteiger partial charge in [0, 0.05) is 29.6 Å². The van der Waals surface area contributed by atoms with Gasteiger partial charge in [0.15, 0.2) is 0 Å². The zero-order valence-electron chi connectivity index (χ0n) is 20.0. The van der Waals surface area contributed by atoms with Crippen LogP contribution in [0.4, 0.5) is 10.1 Å².